The maximum atomic E-state index is 12.0. The Morgan fingerprint density at radius 3 is 2.58 bits per heavy atom. The van der Waals surface area contributed by atoms with Gasteiger partial charge in [0.2, 0.25) is 0 Å². The topological polar surface area (TPSA) is 47.0 Å². The molecule has 1 aromatic carbocycles. The van der Waals surface area contributed by atoms with Crippen molar-refractivity contribution in [2.24, 2.45) is 0 Å². The van der Waals surface area contributed by atoms with Crippen LogP contribution >= 0.6 is 0 Å². The molecule has 1 atom stereocenters. The summed E-state index contributed by atoms with van der Waals surface area (Å²) >= 11 is 0. The summed E-state index contributed by atoms with van der Waals surface area (Å²) in [7, 11) is 1.79. The molecule has 2 amide bonds. The molecule has 1 saturated heterocycles. The van der Waals surface area contributed by atoms with E-state index in [0.29, 0.717) is 19.9 Å². The molecule has 19 heavy (non-hydrogen) atoms. The Morgan fingerprint density at radius 2 is 1.95 bits per heavy atom. The van der Waals surface area contributed by atoms with Crippen molar-refractivity contribution >= 4 is 6.03 Å². The molecule has 0 radical (unpaired) electrons. The number of rotatable bonds is 4. The summed E-state index contributed by atoms with van der Waals surface area (Å²) in [6, 6.07) is 10.2. The van der Waals surface area contributed by atoms with Crippen LogP contribution in [0.1, 0.15) is 12.5 Å². The second-order valence-corrected chi connectivity index (χ2v) is 5.15. The van der Waals surface area contributed by atoms with Crippen molar-refractivity contribution in [3.63, 3.8) is 0 Å². The Morgan fingerprint density at radius 1 is 1.26 bits per heavy atom. The Hall–Kier alpha value is -1.59. The molecule has 1 unspecified atom stereocenters. The van der Waals surface area contributed by atoms with Crippen LogP contribution < -0.4 is 0 Å². The Balaban J connectivity index is 2.00. The zero-order valence-electron chi connectivity index (χ0n) is 11.5. The van der Waals surface area contributed by atoms with Crippen LogP contribution in [0.15, 0.2) is 30.3 Å². The summed E-state index contributed by atoms with van der Waals surface area (Å²) in [5.74, 6) is 0. The molecule has 0 bridgehead atoms. The number of aliphatic hydroxyl groups excluding tert-OH is 1. The van der Waals surface area contributed by atoms with Gasteiger partial charge in [0.1, 0.15) is 0 Å². The fourth-order valence-corrected chi connectivity index (χ4v) is 2.34. The number of nitrogens with zero attached hydrogens (tertiary/aromatic N) is 3. The average Bonchev–Trinajstić information content (AvgIpc) is 2.36. The summed E-state index contributed by atoms with van der Waals surface area (Å²) in [5.41, 5.74) is 1.22. The molecule has 1 N–H and O–H groups in total. The number of β-amino-alcohol motifs (C(OH)–C–C–N with tert-alkyl or cyclic N) is 1. The summed E-state index contributed by atoms with van der Waals surface area (Å²) < 4.78 is 0. The highest BCUT2D eigenvalue weighted by atomic mass is 16.3. The summed E-state index contributed by atoms with van der Waals surface area (Å²) in [6.45, 7) is 4.04. The van der Waals surface area contributed by atoms with Gasteiger partial charge < -0.3 is 14.9 Å². The lowest BCUT2D eigenvalue weighted by Gasteiger charge is -2.41. The molecule has 1 fully saturated rings. The summed E-state index contributed by atoms with van der Waals surface area (Å²) in [4.78, 5) is 17.5. The first-order valence-electron chi connectivity index (χ1n) is 6.50. The highest BCUT2D eigenvalue weighted by molar-refractivity contribution is 5.74. The molecule has 5 nitrogen and oxygen atoms in total. The van der Waals surface area contributed by atoms with E-state index in [1.807, 2.05) is 18.2 Å². The second kappa shape index (κ2) is 6.04. The number of amides is 2. The third kappa shape index (κ3) is 3.68. The molecule has 0 saturated carbocycles. The molecule has 1 heterocycles. The fourth-order valence-electron chi connectivity index (χ4n) is 2.34. The van der Waals surface area contributed by atoms with E-state index < -0.39 is 6.10 Å². The molecule has 0 spiro atoms. The number of hydrogen-bond acceptors (Lipinski definition) is 3. The van der Waals surface area contributed by atoms with Gasteiger partial charge in [0.25, 0.3) is 0 Å². The fraction of sp³-hybridized carbons (Fsp3) is 0.500. The number of carbonyl (C=O) groups excluding carboxylic acids is 1. The minimum Gasteiger partial charge on any atom is -0.392 e. The monoisotopic (exact) mass is 263 g/mol. The molecule has 1 aromatic rings. The third-order valence-electron chi connectivity index (χ3n) is 3.11. The van der Waals surface area contributed by atoms with E-state index >= 15 is 0 Å². The largest absolute Gasteiger partial charge is 0.392 e. The van der Waals surface area contributed by atoms with Gasteiger partial charge in [-0.3, -0.25) is 4.90 Å². The quantitative estimate of drug-likeness (QED) is 0.886. The molecule has 1 aliphatic rings. The van der Waals surface area contributed by atoms with Crippen molar-refractivity contribution in [2.75, 3.05) is 26.9 Å². The lowest BCUT2D eigenvalue weighted by atomic mass is 10.2. The first kappa shape index (κ1) is 13.8. The van der Waals surface area contributed by atoms with Crippen molar-refractivity contribution < 1.29 is 9.90 Å². The number of aliphatic hydroxyl groups is 1. The number of carbonyl (C=O) groups is 1. The predicted octanol–water partition coefficient (Wildman–Crippen LogP) is 1.15. The van der Waals surface area contributed by atoms with Crippen LogP contribution in [-0.2, 0) is 6.54 Å². The van der Waals surface area contributed by atoms with E-state index in [0.717, 1.165) is 6.54 Å². The highest BCUT2D eigenvalue weighted by Crippen LogP contribution is 2.12. The maximum Gasteiger partial charge on any atom is 0.321 e. The highest BCUT2D eigenvalue weighted by Gasteiger charge is 2.28. The molecular weight excluding hydrogens is 242 g/mol. The summed E-state index contributed by atoms with van der Waals surface area (Å²) in [6.07, 6.45) is -0.506. The third-order valence-corrected chi connectivity index (χ3v) is 3.11. The van der Waals surface area contributed by atoms with Crippen LogP contribution in [0.3, 0.4) is 0 Å². The van der Waals surface area contributed by atoms with Crippen LogP contribution in [0.5, 0.6) is 0 Å². The van der Waals surface area contributed by atoms with Gasteiger partial charge in [-0.2, -0.15) is 0 Å². The Bertz CT molecular complexity index is 422. The van der Waals surface area contributed by atoms with E-state index in [4.69, 9.17) is 0 Å². The van der Waals surface area contributed by atoms with Gasteiger partial charge in [-0.1, -0.05) is 30.3 Å². The van der Waals surface area contributed by atoms with Crippen LogP contribution in [0.2, 0.25) is 0 Å². The van der Waals surface area contributed by atoms with Gasteiger partial charge in [0, 0.05) is 20.1 Å². The second-order valence-electron chi connectivity index (χ2n) is 5.15. The van der Waals surface area contributed by atoms with Gasteiger partial charge in [0.15, 0.2) is 0 Å². The van der Waals surface area contributed by atoms with Gasteiger partial charge >= 0.3 is 6.03 Å². The van der Waals surface area contributed by atoms with Crippen LogP contribution in [-0.4, -0.2) is 58.9 Å². The average molecular weight is 263 g/mol. The lowest BCUT2D eigenvalue weighted by Crippen LogP contribution is -2.57. The molecule has 0 aliphatic carbocycles. The van der Waals surface area contributed by atoms with Gasteiger partial charge in [-0.05, 0) is 12.5 Å². The normalized spacial score (nSPS) is 18.8. The van der Waals surface area contributed by atoms with Gasteiger partial charge in [-0.25, -0.2) is 4.79 Å². The molecular formula is C14H21N3O2. The summed E-state index contributed by atoms with van der Waals surface area (Å²) in [5, 5.41) is 9.45. The van der Waals surface area contributed by atoms with E-state index in [1.165, 1.54) is 5.56 Å². The van der Waals surface area contributed by atoms with Crippen LogP contribution in [0, 0.1) is 0 Å². The molecule has 104 valence electrons. The predicted molar refractivity (Wildman–Crippen MR) is 73.3 cm³/mol. The molecule has 0 aromatic heterocycles. The van der Waals surface area contributed by atoms with Crippen molar-refractivity contribution in [3.05, 3.63) is 35.9 Å². The molecule has 1 aliphatic heterocycles. The first-order chi connectivity index (χ1) is 9.06. The zero-order chi connectivity index (χ0) is 13.8. The van der Waals surface area contributed by atoms with E-state index in [1.54, 1.807) is 23.8 Å². The van der Waals surface area contributed by atoms with Gasteiger partial charge in [0.05, 0.1) is 19.4 Å². The standard InChI is InChI=1S/C14H21N3O2/c1-12(18)8-17-11-16(10-15(2)14(17)19)9-13-6-4-3-5-7-13/h3-7,12,18H,8-11H2,1-2H3. The SMILES string of the molecule is CC(O)CN1CN(Cc2ccccc2)CN(C)C1=O. The minimum absolute atomic E-state index is 0.0230. The molecule has 2 rings (SSSR count). The van der Waals surface area contributed by atoms with E-state index in [2.05, 4.69) is 17.0 Å². The first-order valence-corrected chi connectivity index (χ1v) is 6.50. The Kier molecular flexibility index (Phi) is 4.39. The van der Waals surface area contributed by atoms with Crippen molar-refractivity contribution in [1.82, 2.24) is 14.7 Å². The van der Waals surface area contributed by atoms with Crippen molar-refractivity contribution in [1.29, 1.82) is 0 Å². The lowest BCUT2D eigenvalue weighted by molar-refractivity contribution is 0.0209. The Labute approximate surface area is 114 Å². The number of urea groups is 1. The smallest absolute Gasteiger partial charge is 0.321 e. The van der Waals surface area contributed by atoms with Crippen LogP contribution in [0.25, 0.3) is 0 Å². The minimum atomic E-state index is -0.506. The van der Waals surface area contributed by atoms with Crippen LogP contribution in [0.4, 0.5) is 4.79 Å². The van der Waals surface area contributed by atoms with E-state index in [9.17, 15) is 9.90 Å². The maximum absolute atomic E-state index is 12.0. The van der Waals surface area contributed by atoms with Gasteiger partial charge in [-0.15, -0.1) is 0 Å². The van der Waals surface area contributed by atoms with E-state index in [-0.39, 0.29) is 6.03 Å². The number of benzene rings is 1. The van der Waals surface area contributed by atoms with Crippen molar-refractivity contribution in [2.45, 2.75) is 19.6 Å². The molecule has 5 heteroatoms. The number of hydrogen-bond donors (Lipinski definition) is 1. The van der Waals surface area contributed by atoms with Crippen molar-refractivity contribution in [3.8, 4) is 0 Å². The zero-order valence-corrected chi connectivity index (χ0v) is 11.5.